The van der Waals surface area contributed by atoms with Gasteiger partial charge in [-0.2, -0.15) is 0 Å². The second-order valence-electron chi connectivity index (χ2n) is 2.21. The molecule has 10 heavy (non-hydrogen) atoms. The zero-order chi connectivity index (χ0) is 7.82. The lowest BCUT2D eigenvalue weighted by Gasteiger charge is -2.01. The summed E-state index contributed by atoms with van der Waals surface area (Å²) in [4.78, 5) is 0. The largest absolute Gasteiger partial charge is 0.359 e. The van der Waals surface area contributed by atoms with Crippen molar-refractivity contribution in [1.82, 2.24) is 0 Å². The highest BCUT2D eigenvalue weighted by Gasteiger charge is 1.86. The Morgan fingerprint density at radius 3 is 2.70 bits per heavy atom. The van der Waals surface area contributed by atoms with E-state index in [1.54, 1.807) is 7.11 Å². The fourth-order valence-electron chi connectivity index (χ4n) is 0.693. The van der Waals surface area contributed by atoms with E-state index < -0.39 is 0 Å². The van der Waals surface area contributed by atoms with Crippen LogP contribution in [0.25, 0.3) is 0 Å². The van der Waals surface area contributed by atoms with Crippen LogP contribution in [0.15, 0.2) is 11.6 Å². The second-order valence-corrected chi connectivity index (χ2v) is 2.21. The zero-order valence-electron chi connectivity index (χ0n) is 7.02. The van der Waals surface area contributed by atoms with Gasteiger partial charge in [-0.25, -0.2) is 0 Å². The van der Waals surface area contributed by atoms with Crippen LogP contribution in [0, 0.1) is 0 Å². The Kier molecular flexibility index (Phi) is 6.55. The van der Waals surface area contributed by atoms with Crippen LogP contribution in [0.3, 0.4) is 0 Å². The molecule has 0 spiro atoms. The van der Waals surface area contributed by atoms with Gasteiger partial charge in [0.1, 0.15) is 6.79 Å². The third-order valence-electron chi connectivity index (χ3n) is 1.08. The molecule has 0 radical (unpaired) electrons. The molecule has 0 atom stereocenters. The molecule has 0 rings (SSSR count). The fourth-order valence-corrected chi connectivity index (χ4v) is 0.693. The summed E-state index contributed by atoms with van der Waals surface area (Å²) in [6.45, 7) is 5.23. The molecule has 0 amide bonds. The van der Waals surface area contributed by atoms with E-state index in [1.165, 1.54) is 5.57 Å². The summed E-state index contributed by atoms with van der Waals surface area (Å²) < 4.78 is 9.83. The van der Waals surface area contributed by atoms with Crippen molar-refractivity contribution in [3.8, 4) is 0 Å². The number of hydrogen-bond donors (Lipinski definition) is 0. The molecule has 0 unspecified atom stereocenters. The van der Waals surface area contributed by atoms with Crippen molar-refractivity contribution < 1.29 is 9.47 Å². The molecule has 0 aliphatic rings. The van der Waals surface area contributed by atoms with Crippen molar-refractivity contribution in [3.05, 3.63) is 11.6 Å². The van der Waals surface area contributed by atoms with Gasteiger partial charge in [-0.1, -0.05) is 18.6 Å². The average Bonchev–Trinajstić information content (AvgIpc) is 1.89. The molecule has 2 heteroatoms. The van der Waals surface area contributed by atoms with Gasteiger partial charge in [0.05, 0.1) is 6.61 Å². The van der Waals surface area contributed by atoms with Gasteiger partial charge in [-0.15, -0.1) is 0 Å². The van der Waals surface area contributed by atoms with E-state index in [2.05, 4.69) is 19.9 Å². The van der Waals surface area contributed by atoms with Gasteiger partial charge in [0, 0.05) is 7.11 Å². The van der Waals surface area contributed by atoms with E-state index in [9.17, 15) is 0 Å². The van der Waals surface area contributed by atoms with E-state index in [4.69, 9.17) is 9.47 Å². The summed E-state index contributed by atoms with van der Waals surface area (Å²) in [6, 6.07) is 0. The molecule has 0 fully saturated rings. The molecular formula is C8H16O2. The molecule has 0 aliphatic heterocycles. The molecule has 0 aromatic carbocycles. The van der Waals surface area contributed by atoms with Crippen LogP contribution < -0.4 is 0 Å². The van der Waals surface area contributed by atoms with Gasteiger partial charge < -0.3 is 9.47 Å². The third-order valence-corrected chi connectivity index (χ3v) is 1.08. The number of methoxy groups -OCH3 is 1. The SMILES string of the molecule is CC/C=C(\C)COCOC. The molecule has 0 aromatic rings. The van der Waals surface area contributed by atoms with Crippen molar-refractivity contribution in [2.24, 2.45) is 0 Å². The Bertz CT molecular complexity index is 97.4. The Hall–Kier alpha value is -0.340. The highest BCUT2D eigenvalue weighted by atomic mass is 16.7. The molecule has 0 aromatic heterocycles. The smallest absolute Gasteiger partial charge is 0.146 e. The molecule has 0 N–H and O–H groups in total. The molecule has 0 heterocycles. The van der Waals surface area contributed by atoms with Crippen LogP contribution in [0.4, 0.5) is 0 Å². The number of allylic oxidation sites excluding steroid dienone is 1. The van der Waals surface area contributed by atoms with Crippen molar-refractivity contribution in [2.75, 3.05) is 20.5 Å². The van der Waals surface area contributed by atoms with Gasteiger partial charge in [0.25, 0.3) is 0 Å². The minimum atomic E-state index is 0.384. The normalized spacial score (nSPS) is 12.1. The van der Waals surface area contributed by atoms with Gasteiger partial charge in [-0.05, 0) is 13.3 Å². The van der Waals surface area contributed by atoms with Gasteiger partial charge in [-0.3, -0.25) is 0 Å². The quantitative estimate of drug-likeness (QED) is 0.333. The van der Waals surface area contributed by atoms with E-state index in [0.717, 1.165) is 6.42 Å². The van der Waals surface area contributed by atoms with E-state index >= 15 is 0 Å². The Morgan fingerprint density at radius 1 is 1.50 bits per heavy atom. The summed E-state index contributed by atoms with van der Waals surface area (Å²) in [5.74, 6) is 0. The van der Waals surface area contributed by atoms with E-state index in [0.29, 0.717) is 13.4 Å². The first-order valence-corrected chi connectivity index (χ1v) is 3.53. The first-order chi connectivity index (χ1) is 4.81. The first kappa shape index (κ1) is 9.66. The molecule has 0 aliphatic carbocycles. The lowest BCUT2D eigenvalue weighted by atomic mass is 10.3. The van der Waals surface area contributed by atoms with Crippen LogP contribution in [0.5, 0.6) is 0 Å². The summed E-state index contributed by atoms with van der Waals surface area (Å²) >= 11 is 0. The Balaban J connectivity index is 3.21. The maximum absolute atomic E-state index is 5.11. The Labute approximate surface area is 62.8 Å². The van der Waals surface area contributed by atoms with Gasteiger partial charge >= 0.3 is 0 Å². The van der Waals surface area contributed by atoms with Gasteiger partial charge in [0.2, 0.25) is 0 Å². The minimum Gasteiger partial charge on any atom is -0.359 e. The van der Waals surface area contributed by atoms with E-state index in [-0.39, 0.29) is 0 Å². The van der Waals surface area contributed by atoms with Crippen molar-refractivity contribution in [3.63, 3.8) is 0 Å². The maximum atomic E-state index is 5.11. The topological polar surface area (TPSA) is 18.5 Å². The lowest BCUT2D eigenvalue weighted by Crippen LogP contribution is -1.99. The predicted octanol–water partition coefficient (Wildman–Crippen LogP) is 1.96. The highest BCUT2D eigenvalue weighted by Crippen LogP contribution is 1.94. The molecular weight excluding hydrogens is 128 g/mol. The predicted molar refractivity (Wildman–Crippen MR) is 41.9 cm³/mol. The third kappa shape index (κ3) is 5.79. The zero-order valence-corrected chi connectivity index (χ0v) is 7.02. The summed E-state index contributed by atoms with van der Waals surface area (Å²) in [5, 5.41) is 0. The molecule has 0 saturated heterocycles. The van der Waals surface area contributed by atoms with Crippen LogP contribution in [-0.2, 0) is 9.47 Å². The van der Waals surface area contributed by atoms with Crippen LogP contribution >= 0.6 is 0 Å². The van der Waals surface area contributed by atoms with Crippen LogP contribution in [-0.4, -0.2) is 20.5 Å². The van der Waals surface area contributed by atoms with Crippen molar-refractivity contribution in [1.29, 1.82) is 0 Å². The van der Waals surface area contributed by atoms with Crippen molar-refractivity contribution in [2.45, 2.75) is 20.3 Å². The number of ether oxygens (including phenoxy) is 2. The maximum Gasteiger partial charge on any atom is 0.146 e. The summed E-state index contributed by atoms with van der Waals surface area (Å²) in [7, 11) is 1.62. The Morgan fingerprint density at radius 2 is 2.20 bits per heavy atom. The van der Waals surface area contributed by atoms with Crippen LogP contribution in [0.1, 0.15) is 20.3 Å². The summed E-state index contributed by atoms with van der Waals surface area (Å²) in [5.41, 5.74) is 1.26. The summed E-state index contributed by atoms with van der Waals surface area (Å²) in [6.07, 6.45) is 3.22. The average molecular weight is 144 g/mol. The second kappa shape index (κ2) is 6.78. The minimum absolute atomic E-state index is 0.384. The lowest BCUT2D eigenvalue weighted by molar-refractivity contribution is -0.0211. The standard InChI is InChI=1S/C8H16O2/c1-4-5-8(2)6-10-7-9-3/h5H,4,6-7H2,1-3H3/b8-5+. The van der Waals surface area contributed by atoms with Crippen LogP contribution in [0.2, 0.25) is 0 Å². The first-order valence-electron chi connectivity index (χ1n) is 3.53. The molecule has 0 bridgehead atoms. The molecule has 60 valence electrons. The van der Waals surface area contributed by atoms with Gasteiger partial charge in [0.15, 0.2) is 0 Å². The monoisotopic (exact) mass is 144 g/mol. The molecule has 2 nitrogen and oxygen atoms in total. The highest BCUT2D eigenvalue weighted by molar-refractivity contribution is 4.96. The number of rotatable bonds is 5. The number of hydrogen-bond acceptors (Lipinski definition) is 2. The van der Waals surface area contributed by atoms with E-state index in [1.807, 2.05) is 0 Å². The molecule has 0 saturated carbocycles. The fraction of sp³-hybridized carbons (Fsp3) is 0.750. The van der Waals surface area contributed by atoms with Crippen molar-refractivity contribution >= 4 is 0 Å².